The predicted octanol–water partition coefficient (Wildman–Crippen LogP) is 4.73. The van der Waals surface area contributed by atoms with Gasteiger partial charge in [-0.3, -0.25) is 9.59 Å². The van der Waals surface area contributed by atoms with E-state index in [1.54, 1.807) is 0 Å². The van der Waals surface area contributed by atoms with Crippen LogP contribution in [0.3, 0.4) is 0 Å². The molecule has 2 amide bonds. The van der Waals surface area contributed by atoms with E-state index in [2.05, 4.69) is 5.32 Å². The number of benzene rings is 2. The molecule has 0 aliphatic carbocycles. The molecule has 5 nitrogen and oxygen atoms in total. The Balaban J connectivity index is 1.57. The van der Waals surface area contributed by atoms with E-state index in [1.807, 2.05) is 36.1 Å². The van der Waals surface area contributed by atoms with Crippen LogP contribution in [0, 0.1) is 0 Å². The first-order valence-electron chi connectivity index (χ1n) is 10.7. The lowest BCUT2D eigenvalue weighted by molar-refractivity contribution is -0.137. The zero-order chi connectivity index (χ0) is 22.9. The van der Waals surface area contributed by atoms with Crippen molar-refractivity contribution in [1.29, 1.82) is 0 Å². The molecule has 0 unspecified atom stereocenters. The maximum absolute atomic E-state index is 12.9. The van der Waals surface area contributed by atoms with E-state index in [4.69, 9.17) is 4.74 Å². The lowest BCUT2D eigenvalue weighted by Gasteiger charge is -2.42. The SMILES string of the molecule is CCN1CC[C@]2(CCC1=O)C[C@@H](NC(=O)c1ccc(C(F)(F)F)cc1)c1ccccc1O2. The number of fused-ring (bicyclic) bond motifs is 1. The number of rotatable bonds is 3. The fourth-order valence-electron chi connectivity index (χ4n) is 4.52. The Morgan fingerprint density at radius 1 is 1.16 bits per heavy atom. The van der Waals surface area contributed by atoms with E-state index in [0.717, 1.165) is 17.7 Å². The van der Waals surface area contributed by atoms with Gasteiger partial charge < -0.3 is 15.0 Å². The first kappa shape index (κ1) is 22.2. The second kappa shape index (κ2) is 8.48. The summed E-state index contributed by atoms with van der Waals surface area (Å²) >= 11 is 0. The summed E-state index contributed by atoms with van der Waals surface area (Å²) in [6.07, 6.45) is -2.40. The number of amides is 2. The molecule has 2 aliphatic heterocycles. The number of halogens is 3. The van der Waals surface area contributed by atoms with E-state index in [1.165, 1.54) is 12.1 Å². The first-order chi connectivity index (χ1) is 15.2. The van der Waals surface area contributed by atoms with Crippen LogP contribution in [0.4, 0.5) is 13.2 Å². The van der Waals surface area contributed by atoms with Crippen molar-refractivity contribution in [2.75, 3.05) is 13.1 Å². The summed E-state index contributed by atoms with van der Waals surface area (Å²) < 4.78 is 44.9. The monoisotopic (exact) mass is 446 g/mol. The van der Waals surface area contributed by atoms with Crippen LogP contribution in [-0.4, -0.2) is 35.4 Å². The van der Waals surface area contributed by atoms with E-state index >= 15 is 0 Å². The summed E-state index contributed by atoms with van der Waals surface area (Å²) in [5.74, 6) is 0.307. The van der Waals surface area contributed by atoms with Gasteiger partial charge in [-0.25, -0.2) is 0 Å². The number of para-hydroxylation sites is 1. The van der Waals surface area contributed by atoms with Crippen LogP contribution in [-0.2, 0) is 11.0 Å². The van der Waals surface area contributed by atoms with Crippen molar-refractivity contribution in [2.45, 2.75) is 50.4 Å². The Hall–Kier alpha value is -3.03. The maximum Gasteiger partial charge on any atom is 0.416 e. The lowest BCUT2D eigenvalue weighted by atomic mass is 9.82. The number of nitrogens with zero attached hydrogens (tertiary/aromatic N) is 1. The number of likely N-dealkylation sites (tertiary alicyclic amines) is 1. The molecule has 1 fully saturated rings. The van der Waals surface area contributed by atoms with Crippen LogP contribution < -0.4 is 10.1 Å². The maximum atomic E-state index is 12.9. The third-order valence-electron chi connectivity index (χ3n) is 6.34. The van der Waals surface area contributed by atoms with Gasteiger partial charge in [-0.2, -0.15) is 13.2 Å². The van der Waals surface area contributed by atoms with Gasteiger partial charge in [-0.15, -0.1) is 0 Å². The Morgan fingerprint density at radius 3 is 2.56 bits per heavy atom. The van der Waals surface area contributed by atoms with Crippen molar-refractivity contribution >= 4 is 11.8 Å². The number of carbonyl (C=O) groups is 2. The Kier molecular flexibility index (Phi) is 5.88. The third kappa shape index (κ3) is 4.45. The summed E-state index contributed by atoms with van der Waals surface area (Å²) in [7, 11) is 0. The molecule has 2 atom stereocenters. The zero-order valence-electron chi connectivity index (χ0n) is 17.7. The minimum Gasteiger partial charge on any atom is -0.487 e. The number of nitrogens with one attached hydrogen (secondary N) is 1. The number of hydrogen-bond acceptors (Lipinski definition) is 3. The molecule has 2 aromatic carbocycles. The Bertz CT molecular complexity index is 1010. The molecule has 1 saturated heterocycles. The van der Waals surface area contributed by atoms with Crippen LogP contribution in [0.1, 0.15) is 60.1 Å². The summed E-state index contributed by atoms with van der Waals surface area (Å²) in [6.45, 7) is 3.16. The van der Waals surface area contributed by atoms with Crippen LogP contribution in [0.25, 0.3) is 0 Å². The molecule has 32 heavy (non-hydrogen) atoms. The van der Waals surface area contributed by atoms with Gasteiger partial charge in [-0.05, 0) is 43.7 Å². The molecule has 1 N–H and O–H groups in total. The normalized spacial score (nSPS) is 23.3. The molecule has 8 heteroatoms. The molecule has 4 rings (SSSR count). The van der Waals surface area contributed by atoms with Crippen LogP contribution in [0.5, 0.6) is 5.75 Å². The third-order valence-corrected chi connectivity index (χ3v) is 6.34. The highest BCUT2D eigenvalue weighted by molar-refractivity contribution is 5.94. The predicted molar refractivity (Wildman–Crippen MR) is 112 cm³/mol. The van der Waals surface area contributed by atoms with Gasteiger partial charge in [0.25, 0.3) is 5.91 Å². The smallest absolute Gasteiger partial charge is 0.416 e. The van der Waals surface area contributed by atoms with Crippen molar-refractivity contribution in [2.24, 2.45) is 0 Å². The van der Waals surface area contributed by atoms with E-state index in [-0.39, 0.29) is 17.5 Å². The molecule has 2 aromatic rings. The van der Waals surface area contributed by atoms with Crippen molar-refractivity contribution in [3.8, 4) is 5.75 Å². The average Bonchev–Trinajstić information content (AvgIpc) is 2.92. The van der Waals surface area contributed by atoms with Gasteiger partial charge in [0.1, 0.15) is 11.4 Å². The fraction of sp³-hybridized carbons (Fsp3) is 0.417. The van der Waals surface area contributed by atoms with Gasteiger partial charge in [0.2, 0.25) is 5.91 Å². The second-order valence-electron chi connectivity index (χ2n) is 8.35. The topological polar surface area (TPSA) is 58.6 Å². The quantitative estimate of drug-likeness (QED) is 0.742. The molecule has 0 aromatic heterocycles. The van der Waals surface area contributed by atoms with Gasteiger partial charge >= 0.3 is 6.18 Å². The van der Waals surface area contributed by atoms with E-state index in [9.17, 15) is 22.8 Å². The Morgan fingerprint density at radius 2 is 1.88 bits per heavy atom. The Labute approximate surface area is 184 Å². The molecular formula is C24H25F3N2O3. The summed E-state index contributed by atoms with van der Waals surface area (Å²) in [5.41, 5.74) is -0.412. The summed E-state index contributed by atoms with van der Waals surface area (Å²) in [5, 5.41) is 2.98. The number of ether oxygens (including phenoxy) is 1. The van der Waals surface area contributed by atoms with E-state index in [0.29, 0.717) is 44.5 Å². The van der Waals surface area contributed by atoms with Gasteiger partial charge in [0.15, 0.2) is 0 Å². The molecule has 1 spiro atoms. The molecule has 2 aliphatic rings. The second-order valence-corrected chi connectivity index (χ2v) is 8.35. The van der Waals surface area contributed by atoms with Crippen LogP contribution in [0.2, 0.25) is 0 Å². The van der Waals surface area contributed by atoms with Crippen LogP contribution in [0.15, 0.2) is 48.5 Å². The number of alkyl halides is 3. The highest BCUT2D eigenvalue weighted by Crippen LogP contribution is 2.44. The summed E-state index contributed by atoms with van der Waals surface area (Å²) in [6, 6.07) is 11.2. The lowest BCUT2D eigenvalue weighted by Crippen LogP contribution is -2.46. The molecule has 0 bridgehead atoms. The fourth-order valence-corrected chi connectivity index (χ4v) is 4.52. The standard InChI is InChI=1S/C24H25F3N2O3/c1-2-29-14-13-23(12-11-21(29)30)15-19(18-5-3-4-6-20(18)32-23)28-22(31)16-7-9-17(10-8-16)24(25,26)27/h3-10,19H,2,11-15H2,1H3,(H,28,31)/t19-,23-/m1/s1. The van der Waals surface area contributed by atoms with Crippen molar-refractivity contribution in [1.82, 2.24) is 10.2 Å². The van der Waals surface area contributed by atoms with Crippen molar-refractivity contribution in [3.63, 3.8) is 0 Å². The minimum atomic E-state index is -4.45. The minimum absolute atomic E-state index is 0.0946. The molecular weight excluding hydrogens is 421 g/mol. The highest BCUT2D eigenvalue weighted by Gasteiger charge is 2.43. The molecule has 2 heterocycles. The van der Waals surface area contributed by atoms with Gasteiger partial charge in [0, 0.05) is 43.5 Å². The average molecular weight is 446 g/mol. The number of carbonyl (C=O) groups excluding carboxylic acids is 2. The highest BCUT2D eigenvalue weighted by atomic mass is 19.4. The molecule has 0 radical (unpaired) electrons. The van der Waals surface area contributed by atoms with Gasteiger partial charge in [0.05, 0.1) is 11.6 Å². The number of hydrogen-bond donors (Lipinski definition) is 1. The van der Waals surface area contributed by atoms with Gasteiger partial charge in [-0.1, -0.05) is 18.2 Å². The molecule has 0 saturated carbocycles. The van der Waals surface area contributed by atoms with Crippen molar-refractivity contribution < 1.29 is 27.5 Å². The van der Waals surface area contributed by atoms with Crippen LogP contribution >= 0.6 is 0 Å². The van der Waals surface area contributed by atoms with E-state index < -0.39 is 23.2 Å². The summed E-state index contributed by atoms with van der Waals surface area (Å²) in [4.78, 5) is 27.1. The zero-order valence-corrected chi connectivity index (χ0v) is 17.7. The van der Waals surface area contributed by atoms with Crippen molar-refractivity contribution in [3.05, 3.63) is 65.2 Å². The first-order valence-corrected chi connectivity index (χ1v) is 10.7. The molecule has 170 valence electrons. The largest absolute Gasteiger partial charge is 0.487 e.